The normalized spacial score (nSPS) is 11.7. The Morgan fingerprint density at radius 1 is 0.960 bits per heavy atom. The number of fused-ring (bicyclic) bond motifs is 1. The predicted molar refractivity (Wildman–Crippen MR) is 93.5 cm³/mol. The maximum atomic E-state index is 12.3. The zero-order valence-corrected chi connectivity index (χ0v) is 14.0. The van der Waals surface area contributed by atoms with Gasteiger partial charge in [-0.15, -0.1) is 10.2 Å². The zero-order valence-electron chi connectivity index (χ0n) is 13.2. The number of hydrogen-bond donors (Lipinski definition) is 1. The topological polar surface area (TPSA) is 101 Å². The quantitative estimate of drug-likeness (QED) is 0.608. The van der Waals surface area contributed by atoms with Gasteiger partial charge in [0.1, 0.15) is 0 Å². The molecule has 0 atom stereocenters. The first-order chi connectivity index (χ1) is 12.1. The fourth-order valence-corrected chi connectivity index (χ4v) is 3.79. The monoisotopic (exact) mass is 351 g/mol. The van der Waals surface area contributed by atoms with E-state index in [1.54, 1.807) is 18.3 Å². The van der Waals surface area contributed by atoms with Crippen LogP contribution in [0.2, 0.25) is 0 Å². The molecule has 2 aromatic carbocycles. The van der Waals surface area contributed by atoms with E-state index in [1.807, 2.05) is 36.4 Å². The maximum absolute atomic E-state index is 12.3. The maximum Gasteiger partial charge on any atom is 0.206 e. The van der Waals surface area contributed by atoms with Gasteiger partial charge in [0.15, 0.2) is 9.84 Å². The molecule has 2 heterocycles. The van der Waals surface area contributed by atoms with Gasteiger partial charge in [-0.05, 0) is 34.5 Å². The van der Waals surface area contributed by atoms with Gasteiger partial charge < -0.3 is 0 Å². The van der Waals surface area contributed by atoms with E-state index in [-0.39, 0.29) is 10.7 Å². The molecule has 1 N–H and O–H groups in total. The van der Waals surface area contributed by atoms with Gasteiger partial charge in [-0.1, -0.05) is 30.3 Å². The van der Waals surface area contributed by atoms with E-state index in [4.69, 9.17) is 0 Å². The van der Waals surface area contributed by atoms with Crippen LogP contribution in [-0.2, 0) is 9.84 Å². The number of aromatic amines is 1. The van der Waals surface area contributed by atoms with E-state index in [2.05, 4.69) is 25.6 Å². The third kappa shape index (κ3) is 2.66. The molecule has 2 aromatic heterocycles. The summed E-state index contributed by atoms with van der Waals surface area (Å²) in [6.45, 7) is 0. The van der Waals surface area contributed by atoms with Crippen LogP contribution in [0.4, 0.5) is 0 Å². The Labute approximate surface area is 143 Å². The van der Waals surface area contributed by atoms with Crippen molar-refractivity contribution in [2.45, 2.75) is 4.90 Å². The van der Waals surface area contributed by atoms with E-state index in [0.717, 1.165) is 16.5 Å². The minimum atomic E-state index is -3.48. The summed E-state index contributed by atoms with van der Waals surface area (Å²) in [6, 6.07) is 14.7. The smallest absolute Gasteiger partial charge is 0.206 e. The van der Waals surface area contributed by atoms with E-state index in [1.165, 1.54) is 6.26 Å². The van der Waals surface area contributed by atoms with E-state index < -0.39 is 9.84 Å². The number of aromatic nitrogens is 5. The number of rotatable bonds is 3. The van der Waals surface area contributed by atoms with Gasteiger partial charge in [0.05, 0.1) is 10.4 Å². The van der Waals surface area contributed by atoms with Crippen molar-refractivity contribution in [1.29, 1.82) is 0 Å². The zero-order chi connectivity index (χ0) is 17.4. The lowest BCUT2D eigenvalue weighted by molar-refractivity contribution is 0.602. The molecular formula is C17H13N5O2S. The van der Waals surface area contributed by atoms with Crippen LogP contribution in [-0.4, -0.2) is 40.3 Å². The lowest BCUT2D eigenvalue weighted by Gasteiger charge is -2.13. The van der Waals surface area contributed by atoms with Crippen LogP contribution in [0.3, 0.4) is 0 Å². The molecule has 0 aliphatic heterocycles. The number of para-hydroxylation sites is 1. The fraction of sp³-hybridized carbons (Fsp3) is 0.0588. The fourth-order valence-electron chi connectivity index (χ4n) is 2.89. The molecule has 0 aliphatic rings. The molecule has 124 valence electrons. The molecule has 4 aromatic rings. The first kappa shape index (κ1) is 15.4. The second kappa shape index (κ2) is 5.75. The van der Waals surface area contributed by atoms with Crippen molar-refractivity contribution >= 4 is 20.7 Å². The highest BCUT2D eigenvalue weighted by molar-refractivity contribution is 7.90. The minimum Gasteiger partial charge on any atom is -0.256 e. The number of sulfone groups is 1. The van der Waals surface area contributed by atoms with Gasteiger partial charge in [0.25, 0.3) is 0 Å². The van der Waals surface area contributed by atoms with Gasteiger partial charge >= 0.3 is 0 Å². The molecule has 4 rings (SSSR count). The predicted octanol–water partition coefficient (Wildman–Crippen LogP) is 2.49. The number of tetrazole rings is 1. The van der Waals surface area contributed by atoms with Crippen molar-refractivity contribution in [3.63, 3.8) is 0 Å². The summed E-state index contributed by atoms with van der Waals surface area (Å²) in [4.78, 5) is 4.52. The van der Waals surface area contributed by atoms with Crippen LogP contribution in [0.25, 0.3) is 33.4 Å². The summed E-state index contributed by atoms with van der Waals surface area (Å²) in [5.74, 6) is 0.233. The highest BCUT2D eigenvalue weighted by atomic mass is 32.2. The SMILES string of the molecule is CS(=O)(=O)c1cccc(-c2ccnc3ccccc23)c1-c1nn[nH]n1. The summed E-state index contributed by atoms with van der Waals surface area (Å²) in [5, 5.41) is 14.9. The molecule has 0 bridgehead atoms. The number of hydrogen-bond acceptors (Lipinski definition) is 6. The summed E-state index contributed by atoms with van der Waals surface area (Å²) < 4.78 is 24.6. The number of nitrogens with zero attached hydrogens (tertiary/aromatic N) is 4. The van der Waals surface area contributed by atoms with Crippen molar-refractivity contribution in [3.05, 3.63) is 54.7 Å². The van der Waals surface area contributed by atoms with E-state index >= 15 is 0 Å². The second-order valence-electron chi connectivity index (χ2n) is 5.56. The van der Waals surface area contributed by atoms with Crippen molar-refractivity contribution < 1.29 is 8.42 Å². The Kier molecular flexibility index (Phi) is 3.54. The average molecular weight is 351 g/mol. The standard InChI is InChI=1S/C17H13N5O2S/c1-25(23,24)15-8-4-6-13(16(15)17-19-21-22-20-17)11-9-10-18-14-7-3-2-5-12(11)14/h2-10H,1H3,(H,19,20,21,22). The number of nitrogens with one attached hydrogen (secondary N) is 1. The van der Waals surface area contributed by atoms with Crippen LogP contribution in [0.15, 0.2) is 59.6 Å². The molecule has 0 amide bonds. The van der Waals surface area contributed by atoms with Gasteiger partial charge in [-0.2, -0.15) is 5.21 Å². The van der Waals surface area contributed by atoms with Crippen LogP contribution >= 0.6 is 0 Å². The summed E-state index contributed by atoms with van der Waals surface area (Å²) in [7, 11) is -3.48. The molecule has 0 fully saturated rings. The third-order valence-corrected chi connectivity index (χ3v) is 5.07. The molecule has 0 saturated heterocycles. The van der Waals surface area contributed by atoms with Gasteiger partial charge in [0.2, 0.25) is 5.82 Å². The Bertz CT molecular complexity index is 1170. The molecule has 7 nitrogen and oxygen atoms in total. The van der Waals surface area contributed by atoms with Crippen LogP contribution in [0.1, 0.15) is 0 Å². The number of pyridine rings is 1. The highest BCUT2D eigenvalue weighted by Gasteiger charge is 2.22. The van der Waals surface area contributed by atoms with Crippen molar-refractivity contribution in [3.8, 4) is 22.5 Å². The molecule has 0 spiro atoms. The Balaban J connectivity index is 2.12. The average Bonchev–Trinajstić information content (AvgIpc) is 3.14. The first-order valence-electron chi connectivity index (χ1n) is 7.47. The van der Waals surface area contributed by atoms with Crippen molar-refractivity contribution in [1.82, 2.24) is 25.6 Å². The molecule has 0 radical (unpaired) electrons. The van der Waals surface area contributed by atoms with Crippen molar-refractivity contribution in [2.24, 2.45) is 0 Å². The largest absolute Gasteiger partial charge is 0.256 e. The molecule has 0 aliphatic carbocycles. The number of benzene rings is 2. The summed E-state index contributed by atoms with van der Waals surface area (Å²) in [6.07, 6.45) is 2.87. The summed E-state index contributed by atoms with van der Waals surface area (Å²) in [5.41, 5.74) is 2.82. The molecule has 25 heavy (non-hydrogen) atoms. The van der Waals surface area contributed by atoms with Gasteiger partial charge in [-0.3, -0.25) is 4.98 Å². The molecule has 0 saturated carbocycles. The van der Waals surface area contributed by atoms with Gasteiger partial charge in [-0.25, -0.2) is 8.42 Å². The van der Waals surface area contributed by atoms with E-state index in [0.29, 0.717) is 11.1 Å². The van der Waals surface area contributed by atoms with Crippen LogP contribution in [0, 0.1) is 0 Å². The lowest BCUT2D eigenvalue weighted by atomic mass is 9.96. The molecular weight excluding hydrogens is 338 g/mol. The third-order valence-electron chi connectivity index (χ3n) is 3.93. The highest BCUT2D eigenvalue weighted by Crippen LogP contribution is 2.37. The Morgan fingerprint density at radius 2 is 1.80 bits per heavy atom. The van der Waals surface area contributed by atoms with Gasteiger partial charge in [0, 0.05) is 23.4 Å². The van der Waals surface area contributed by atoms with Crippen LogP contribution < -0.4 is 0 Å². The Morgan fingerprint density at radius 3 is 2.56 bits per heavy atom. The first-order valence-corrected chi connectivity index (χ1v) is 9.36. The molecule has 8 heteroatoms. The summed E-state index contributed by atoms with van der Waals surface area (Å²) >= 11 is 0. The van der Waals surface area contributed by atoms with Crippen molar-refractivity contribution in [2.75, 3.05) is 6.26 Å². The van der Waals surface area contributed by atoms with Crippen LogP contribution in [0.5, 0.6) is 0 Å². The minimum absolute atomic E-state index is 0.160. The molecule has 0 unspecified atom stereocenters. The van der Waals surface area contributed by atoms with E-state index in [9.17, 15) is 8.42 Å². The number of H-pyrrole nitrogens is 1. The second-order valence-corrected chi connectivity index (χ2v) is 7.55. The Hall–Kier alpha value is -3.13. The lowest BCUT2D eigenvalue weighted by Crippen LogP contribution is -2.02.